The minimum atomic E-state index is -0.585. The van der Waals surface area contributed by atoms with E-state index >= 15 is 0 Å². The molecular weight excluding hydrogens is 272 g/mol. The summed E-state index contributed by atoms with van der Waals surface area (Å²) in [6.45, 7) is 0. The van der Waals surface area contributed by atoms with Crippen LogP contribution >= 0.6 is 0 Å². The van der Waals surface area contributed by atoms with Gasteiger partial charge in [-0.15, -0.1) is 0 Å². The van der Waals surface area contributed by atoms with Gasteiger partial charge in [-0.2, -0.15) is 0 Å². The number of ether oxygens (including phenoxy) is 2. The molecule has 0 aliphatic carbocycles. The summed E-state index contributed by atoms with van der Waals surface area (Å²) in [5.41, 5.74) is 0.696. The average molecular weight is 286 g/mol. The maximum absolute atomic E-state index is 12.2. The van der Waals surface area contributed by atoms with Crippen LogP contribution in [0, 0.1) is 0 Å². The van der Waals surface area contributed by atoms with Gasteiger partial charge in [0.15, 0.2) is 5.78 Å². The van der Waals surface area contributed by atoms with Gasteiger partial charge in [0.1, 0.15) is 34.7 Å². The zero-order valence-electron chi connectivity index (χ0n) is 11.4. The monoisotopic (exact) mass is 286 g/mol. The van der Waals surface area contributed by atoms with Crippen LogP contribution in [0.4, 0.5) is 0 Å². The quantitative estimate of drug-likeness (QED) is 0.887. The van der Waals surface area contributed by atoms with E-state index in [1.165, 1.54) is 13.2 Å². The number of rotatable bonds is 2. The number of benzene rings is 2. The minimum Gasteiger partial charge on any atom is -0.508 e. The van der Waals surface area contributed by atoms with Crippen LogP contribution in [0.1, 0.15) is 28.4 Å². The van der Waals surface area contributed by atoms with Crippen LogP contribution in [0.3, 0.4) is 0 Å². The second-order valence-corrected chi connectivity index (χ2v) is 4.81. The van der Waals surface area contributed by atoms with Gasteiger partial charge >= 0.3 is 0 Å². The molecule has 1 unspecified atom stereocenters. The number of carbonyl (C=O) groups excluding carboxylic acids is 1. The van der Waals surface area contributed by atoms with Crippen LogP contribution in [-0.4, -0.2) is 23.1 Å². The third-order valence-electron chi connectivity index (χ3n) is 3.49. The Morgan fingerprint density at radius 3 is 2.67 bits per heavy atom. The summed E-state index contributed by atoms with van der Waals surface area (Å²) in [6, 6.07) is 9.65. The van der Waals surface area contributed by atoms with Crippen molar-refractivity contribution in [3.63, 3.8) is 0 Å². The molecule has 0 radical (unpaired) electrons. The van der Waals surface area contributed by atoms with Gasteiger partial charge < -0.3 is 19.7 Å². The van der Waals surface area contributed by atoms with Crippen molar-refractivity contribution in [2.24, 2.45) is 0 Å². The summed E-state index contributed by atoms with van der Waals surface area (Å²) in [4.78, 5) is 12.2. The zero-order chi connectivity index (χ0) is 15.0. The van der Waals surface area contributed by atoms with Crippen LogP contribution < -0.4 is 9.47 Å². The molecule has 21 heavy (non-hydrogen) atoms. The van der Waals surface area contributed by atoms with Crippen LogP contribution in [0.15, 0.2) is 36.4 Å². The third-order valence-corrected chi connectivity index (χ3v) is 3.49. The molecule has 2 aromatic rings. The van der Waals surface area contributed by atoms with Crippen LogP contribution in [0.25, 0.3) is 0 Å². The molecule has 2 aromatic carbocycles. The van der Waals surface area contributed by atoms with Crippen molar-refractivity contribution >= 4 is 5.78 Å². The molecule has 0 fully saturated rings. The van der Waals surface area contributed by atoms with Crippen LogP contribution in [-0.2, 0) is 0 Å². The fraction of sp³-hybridized carbons (Fsp3) is 0.188. The van der Waals surface area contributed by atoms with E-state index in [9.17, 15) is 15.0 Å². The molecule has 1 aliphatic rings. The molecule has 108 valence electrons. The lowest BCUT2D eigenvalue weighted by atomic mass is 9.95. The van der Waals surface area contributed by atoms with Crippen molar-refractivity contribution in [1.29, 1.82) is 0 Å². The molecule has 0 saturated heterocycles. The maximum atomic E-state index is 12.2. The maximum Gasteiger partial charge on any atom is 0.174 e. The van der Waals surface area contributed by atoms with Crippen molar-refractivity contribution in [3.8, 4) is 23.0 Å². The predicted molar refractivity (Wildman–Crippen MR) is 75.1 cm³/mol. The first-order chi connectivity index (χ1) is 10.1. The smallest absolute Gasteiger partial charge is 0.174 e. The van der Waals surface area contributed by atoms with E-state index in [0.717, 1.165) is 0 Å². The van der Waals surface area contributed by atoms with E-state index in [-0.39, 0.29) is 35.0 Å². The van der Waals surface area contributed by atoms with Crippen LogP contribution in [0.2, 0.25) is 0 Å². The van der Waals surface area contributed by atoms with Gasteiger partial charge in [-0.05, 0) is 6.07 Å². The van der Waals surface area contributed by atoms with E-state index in [0.29, 0.717) is 11.3 Å². The first-order valence-corrected chi connectivity index (χ1v) is 6.49. The number of aromatic hydroxyl groups is 2. The summed E-state index contributed by atoms with van der Waals surface area (Å²) in [7, 11) is 1.46. The average Bonchev–Trinajstić information content (AvgIpc) is 2.46. The fourth-order valence-corrected chi connectivity index (χ4v) is 2.47. The molecule has 3 rings (SSSR count). The molecule has 1 heterocycles. The molecular formula is C16H14O5. The lowest BCUT2D eigenvalue weighted by molar-refractivity contribution is 0.0842. The summed E-state index contributed by atoms with van der Waals surface area (Å²) in [5, 5.41) is 19.8. The standard InChI is InChI=1S/C16H14O5/c1-20-9-6-12(18)16-13(19)8-14(21-15(16)7-9)10-4-2-3-5-11(10)17/h2-7,14,17-18H,8H2,1H3. The van der Waals surface area contributed by atoms with Gasteiger partial charge in [-0.25, -0.2) is 0 Å². The van der Waals surface area contributed by atoms with Gasteiger partial charge in [-0.1, -0.05) is 18.2 Å². The van der Waals surface area contributed by atoms with Crippen LogP contribution in [0.5, 0.6) is 23.0 Å². The molecule has 1 aliphatic heterocycles. The molecule has 2 N–H and O–H groups in total. The number of phenolic OH excluding ortho intramolecular Hbond substituents is 2. The number of carbonyl (C=O) groups is 1. The molecule has 5 nitrogen and oxygen atoms in total. The lowest BCUT2D eigenvalue weighted by Gasteiger charge is -2.26. The summed E-state index contributed by atoms with van der Waals surface area (Å²) < 4.78 is 10.8. The number of hydrogen-bond donors (Lipinski definition) is 2. The molecule has 1 atom stereocenters. The minimum absolute atomic E-state index is 0.0600. The zero-order valence-corrected chi connectivity index (χ0v) is 11.4. The van der Waals surface area contributed by atoms with E-state index in [2.05, 4.69) is 0 Å². The Bertz CT molecular complexity index is 708. The molecule has 0 aromatic heterocycles. The number of hydrogen-bond acceptors (Lipinski definition) is 5. The molecule has 0 spiro atoms. The lowest BCUT2D eigenvalue weighted by Crippen LogP contribution is -2.20. The van der Waals surface area contributed by atoms with Crippen molar-refractivity contribution < 1.29 is 24.5 Å². The van der Waals surface area contributed by atoms with Crippen molar-refractivity contribution in [2.75, 3.05) is 7.11 Å². The highest BCUT2D eigenvalue weighted by atomic mass is 16.5. The molecule has 0 bridgehead atoms. The van der Waals surface area contributed by atoms with Gasteiger partial charge in [0, 0.05) is 17.7 Å². The first-order valence-electron chi connectivity index (χ1n) is 6.49. The highest BCUT2D eigenvalue weighted by molar-refractivity contribution is 6.02. The normalized spacial score (nSPS) is 17.0. The SMILES string of the molecule is COc1cc(O)c2c(c1)OC(c1ccccc1O)CC2=O. The Hall–Kier alpha value is -2.69. The van der Waals surface area contributed by atoms with Crippen molar-refractivity contribution in [1.82, 2.24) is 0 Å². The van der Waals surface area contributed by atoms with E-state index in [1.54, 1.807) is 30.3 Å². The Morgan fingerprint density at radius 1 is 1.19 bits per heavy atom. The fourth-order valence-electron chi connectivity index (χ4n) is 2.47. The number of fused-ring (bicyclic) bond motifs is 1. The predicted octanol–water partition coefficient (Wildman–Crippen LogP) is 2.81. The van der Waals surface area contributed by atoms with Gasteiger partial charge in [0.2, 0.25) is 0 Å². The largest absolute Gasteiger partial charge is 0.508 e. The highest BCUT2D eigenvalue weighted by Crippen LogP contribution is 2.43. The number of Topliss-reactive ketones (excluding diaryl/α,β-unsaturated/α-hetero) is 1. The molecule has 0 amide bonds. The van der Waals surface area contributed by atoms with Gasteiger partial charge in [-0.3, -0.25) is 4.79 Å². The Labute approximate surface area is 121 Å². The van der Waals surface area contributed by atoms with E-state index < -0.39 is 6.10 Å². The number of ketones is 1. The van der Waals surface area contributed by atoms with E-state index in [4.69, 9.17) is 9.47 Å². The highest BCUT2D eigenvalue weighted by Gasteiger charge is 2.31. The third kappa shape index (κ3) is 2.27. The first kappa shape index (κ1) is 13.3. The number of phenols is 2. The van der Waals surface area contributed by atoms with E-state index in [1.807, 2.05) is 0 Å². The summed E-state index contributed by atoms with van der Waals surface area (Å²) in [6.07, 6.45) is -0.525. The molecule has 5 heteroatoms. The van der Waals surface area contributed by atoms with Crippen molar-refractivity contribution in [2.45, 2.75) is 12.5 Å². The Morgan fingerprint density at radius 2 is 1.95 bits per heavy atom. The summed E-state index contributed by atoms with van der Waals surface area (Å²) >= 11 is 0. The second-order valence-electron chi connectivity index (χ2n) is 4.81. The Kier molecular flexibility index (Phi) is 3.17. The number of para-hydroxylation sites is 1. The summed E-state index contributed by atoms with van der Waals surface area (Å²) in [5.74, 6) is 0.342. The number of methoxy groups -OCH3 is 1. The molecule has 0 saturated carbocycles. The van der Waals surface area contributed by atoms with Crippen molar-refractivity contribution in [3.05, 3.63) is 47.5 Å². The topological polar surface area (TPSA) is 76.0 Å². The van der Waals surface area contributed by atoms with Gasteiger partial charge in [0.25, 0.3) is 0 Å². The van der Waals surface area contributed by atoms with Gasteiger partial charge in [0.05, 0.1) is 13.5 Å². The second kappa shape index (κ2) is 5.01. The Balaban J connectivity index is 2.04.